The lowest BCUT2D eigenvalue weighted by Crippen LogP contribution is -2.60. The predicted octanol–water partition coefficient (Wildman–Crippen LogP) is -0.0619. The number of alkyl halides is 3. The summed E-state index contributed by atoms with van der Waals surface area (Å²) in [5.41, 5.74) is 5.23. The number of carbonyl (C=O) groups excluding carboxylic acids is 5. The maximum atomic E-state index is 13.4. The molecule has 2 saturated heterocycles. The van der Waals surface area contributed by atoms with Gasteiger partial charge in [0.15, 0.2) is 0 Å². The van der Waals surface area contributed by atoms with Crippen LogP contribution >= 0.6 is 11.6 Å². The number of hydrogen-bond acceptors (Lipinski definition) is 5. The van der Waals surface area contributed by atoms with Crippen molar-refractivity contribution in [3.05, 3.63) is 0 Å². The first kappa shape index (κ1) is 27.1. The van der Waals surface area contributed by atoms with Crippen LogP contribution in [0.15, 0.2) is 0 Å². The monoisotopic (exact) mass is 519 g/mol. The van der Waals surface area contributed by atoms with Gasteiger partial charge in [-0.15, -0.1) is 0 Å². The average molecular weight is 520 g/mol. The molecule has 0 unspecified atom stereocenters. The van der Waals surface area contributed by atoms with E-state index in [0.29, 0.717) is 13.0 Å². The fourth-order valence-corrected chi connectivity index (χ4v) is 5.44. The number of hydrogen-bond donors (Lipinski definition) is 4. The van der Waals surface area contributed by atoms with Crippen molar-refractivity contribution in [1.29, 1.82) is 0 Å². The first-order valence-corrected chi connectivity index (χ1v) is 12.0. The second-order valence-electron chi connectivity index (χ2n) is 10.6. The van der Waals surface area contributed by atoms with Gasteiger partial charge >= 0.3 is 11.3 Å². The van der Waals surface area contributed by atoms with Crippen LogP contribution in [-0.4, -0.2) is 71.0 Å². The number of nitrogens with two attached hydrogens (primary N) is 1. The van der Waals surface area contributed by atoms with E-state index in [-0.39, 0.29) is 36.1 Å². The topological polar surface area (TPSA) is 151 Å². The SMILES string of the molecule is CC(C)[C@H](NC(=O)C(F)(F)Cl)C(=O)N1C[C@H]2[C@@H]([C@H]1C(=O)N[C@@H](C[C@@H]1CCNC1=O)C(N)=O)C2(C)C. The summed E-state index contributed by atoms with van der Waals surface area (Å²) in [7, 11) is 0. The summed E-state index contributed by atoms with van der Waals surface area (Å²) >= 11 is 4.80. The van der Waals surface area contributed by atoms with E-state index >= 15 is 0 Å². The van der Waals surface area contributed by atoms with Gasteiger partial charge in [0, 0.05) is 19.0 Å². The van der Waals surface area contributed by atoms with Gasteiger partial charge in [-0.1, -0.05) is 27.7 Å². The first-order chi connectivity index (χ1) is 16.1. The van der Waals surface area contributed by atoms with Crippen molar-refractivity contribution in [2.45, 2.75) is 64.0 Å². The van der Waals surface area contributed by atoms with Crippen LogP contribution in [0.4, 0.5) is 8.78 Å². The highest BCUT2D eigenvalue weighted by molar-refractivity contribution is 6.32. The third-order valence-electron chi connectivity index (χ3n) is 7.58. The molecule has 2 heterocycles. The Morgan fingerprint density at radius 2 is 1.89 bits per heavy atom. The van der Waals surface area contributed by atoms with Crippen molar-refractivity contribution >= 4 is 41.1 Å². The molecular weight excluding hydrogens is 488 g/mol. The number of likely N-dealkylation sites (tertiary alicyclic amines) is 1. The Hall–Kier alpha value is -2.50. The third kappa shape index (κ3) is 5.36. The molecule has 196 valence electrons. The maximum Gasteiger partial charge on any atom is 0.399 e. The van der Waals surface area contributed by atoms with Crippen molar-refractivity contribution < 1.29 is 32.8 Å². The number of halogens is 3. The van der Waals surface area contributed by atoms with Crippen molar-refractivity contribution in [3.63, 3.8) is 0 Å². The summed E-state index contributed by atoms with van der Waals surface area (Å²) in [5, 5.41) is 3.07. The zero-order valence-electron chi connectivity index (χ0n) is 20.1. The normalized spacial score (nSPS) is 28.7. The molecule has 1 aliphatic carbocycles. The summed E-state index contributed by atoms with van der Waals surface area (Å²) < 4.78 is 26.5. The maximum absolute atomic E-state index is 13.4. The van der Waals surface area contributed by atoms with E-state index in [1.54, 1.807) is 13.8 Å². The minimum absolute atomic E-state index is 0.0205. The summed E-state index contributed by atoms with van der Waals surface area (Å²) in [6.07, 6.45) is 0.533. The Kier molecular flexibility index (Phi) is 7.36. The number of nitrogens with zero attached hydrogens (tertiary/aromatic N) is 1. The number of carbonyl (C=O) groups is 5. The largest absolute Gasteiger partial charge is 0.399 e. The van der Waals surface area contributed by atoms with E-state index in [1.807, 2.05) is 19.2 Å². The number of piperidine rings is 1. The van der Waals surface area contributed by atoms with Crippen LogP contribution in [0.3, 0.4) is 0 Å². The van der Waals surface area contributed by atoms with Gasteiger partial charge in [0.1, 0.15) is 18.1 Å². The fourth-order valence-electron chi connectivity index (χ4n) is 5.39. The summed E-state index contributed by atoms with van der Waals surface area (Å²) in [6, 6.07) is -3.45. The molecule has 0 aromatic heterocycles. The Morgan fingerprint density at radius 3 is 2.37 bits per heavy atom. The molecule has 0 bridgehead atoms. The Bertz CT molecular complexity index is 924. The van der Waals surface area contributed by atoms with Gasteiger partial charge < -0.3 is 26.6 Å². The molecule has 10 nitrogen and oxygen atoms in total. The summed E-state index contributed by atoms with van der Waals surface area (Å²) in [5.74, 6) is -5.44. The minimum atomic E-state index is -4.19. The van der Waals surface area contributed by atoms with Crippen LogP contribution in [0.5, 0.6) is 0 Å². The standard InChI is InChI=1S/C22H32ClF2N5O5/c1-9(2)14(29-20(35)22(23,24)25)19(34)30-8-11-13(21(11,3)4)15(30)18(33)28-12(16(26)31)7-10-5-6-27-17(10)32/h9-15H,5-8H2,1-4H3,(H2,26,31)(H,27,32)(H,28,33)(H,29,35)/t10-,11-,12-,13-,14-,15-/m0/s1. The molecule has 35 heavy (non-hydrogen) atoms. The lowest BCUT2D eigenvalue weighted by atomic mass is 9.95. The molecule has 2 aliphatic heterocycles. The average Bonchev–Trinajstić information content (AvgIpc) is 3.10. The third-order valence-corrected chi connectivity index (χ3v) is 7.75. The van der Waals surface area contributed by atoms with E-state index < -0.39 is 59.0 Å². The highest BCUT2D eigenvalue weighted by Gasteiger charge is 2.69. The molecular formula is C22H32ClF2N5O5. The summed E-state index contributed by atoms with van der Waals surface area (Å²) in [4.78, 5) is 63.8. The second kappa shape index (κ2) is 9.51. The van der Waals surface area contributed by atoms with E-state index in [4.69, 9.17) is 17.3 Å². The number of fused-ring (bicyclic) bond motifs is 1. The second-order valence-corrected chi connectivity index (χ2v) is 11.0. The van der Waals surface area contributed by atoms with Crippen LogP contribution < -0.4 is 21.7 Å². The zero-order valence-corrected chi connectivity index (χ0v) is 20.8. The fraction of sp³-hybridized carbons (Fsp3) is 0.773. The van der Waals surface area contributed by atoms with Gasteiger partial charge in [-0.2, -0.15) is 8.78 Å². The van der Waals surface area contributed by atoms with E-state index in [2.05, 4.69) is 10.6 Å². The molecule has 3 fully saturated rings. The highest BCUT2D eigenvalue weighted by atomic mass is 35.5. The molecule has 0 spiro atoms. The van der Waals surface area contributed by atoms with Crippen molar-refractivity contribution in [2.75, 3.05) is 13.1 Å². The highest BCUT2D eigenvalue weighted by Crippen LogP contribution is 2.65. The number of rotatable bonds is 9. The van der Waals surface area contributed by atoms with Crippen LogP contribution in [0.2, 0.25) is 0 Å². The first-order valence-electron chi connectivity index (χ1n) is 11.6. The van der Waals surface area contributed by atoms with Gasteiger partial charge in [-0.05, 0) is 47.6 Å². The Morgan fingerprint density at radius 1 is 1.26 bits per heavy atom. The van der Waals surface area contributed by atoms with Crippen LogP contribution in [0.1, 0.15) is 40.5 Å². The van der Waals surface area contributed by atoms with Gasteiger partial charge in [-0.3, -0.25) is 24.0 Å². The lowest BCUT2D eigenvalue weighted by Gasteiger charge is -2.35. The number of nitrogens with one attached hydrogen (secondary N) is 3. The smallest absolute Gasteiger partial charge is 0.368 e. The molecule has 3 aliphatic rings. The van der Waals surface area contributed by atoms with Gasteiger partial charge in [-0.25, -0.2) is 0 Å². The Labute approximate surface area is 207 Å². The number of amides is 5. The van der Waals surface area contributed by atoms with Crippen LogP contribution in [0, 0.1) is 29.1 Å². The van der Waals surface area contributed by atoms with Crippen LogP contribution in [0.25, 0.3) is 0 Å². The van der Waals surface area contributed by atoms with Gasteiger partial charge in [0.2, 0.25) is 23.6 Å². The molecule has 5 N–H and O–H groups in total. The molecule has 5 amide bonds. The molecule has 6 atom stereocenters. The Balaban J connectivity index is 1.80. The molecule has 0 radical (unpaired) electrons. The predicted molar refractivity (Wildman–Crippen MR) is 121 cm³/mol. The molecule has 1 saturated carbocycles. The minimum Gasteiger partial charge on any atom is -0.368 e. The van der Waals surface area contributed by atoms with Crippen molar-refractivity contribution in [2.24, 2.45) is 34.8 Å². The molecule has 3 rings (SSSR count). The van der Waals surface area contributed by atoms with Gasteiger partial charge in [0.25, 0.3) is 0 Å². The van der Waals surface area contributed by atoms with E-state index in [0.717, 1.165) is 0 Å². The molecule has 13 heteroatoms. The van der Waals surface area contributed by atoms with E-state index in [1.165, 1.54) is 4.90 Å². The van der Waals surface area contributed by atoms with E-state index in [9.17, 15) is 32.8 Å². The van der Waals surface area contributed by atoms with Crippen LogP contribution in [-0.2, 0) is 24.0 Å². The summed E-state index contributed by atoms with van der Waals surface area (Å²) in [6.45, 7) is 7.71. The quantitative estimate of drug-likeness (QED) is 0.315. The van der Waals surface area contributed by atoms with Gasteiger partial charge in [0.05, 0.1) is 0 Å². The molecule has 0 aromatic rings. The molecule has 0 aromatic carbocycles. The number of primary amides is 1. The lowest BCUT2D eigenvalue weighted by molar-refractivity contribution is -0.147. The van der Waals surface area contributed by atoms with Crippen molar-refractivity contribution in [1.82, 2.24) is 20.9 Å². The zero-order chi connectivity index (χ0) is 26.5. The van der Waals surface area contributed by atoms with Crippen molar-refractivity contribution in [3.8, 4) is 0 Å².